The number of thioether (sulfide) groups is 1. The lowest BCUT2D eigenvalue weighted by Crippen LogP contribution is -2.54. The van der Waals surface area contributed by atoms with Crippen molar-refractivity contribution in [2.75, 3.05) is 25.2 Å². The lowest BCUT2D eigenvalue weighted by molar-refractivity contribution is -0.143. The van der Waals surface area contributed by atoms with E-state index in [1.54, 1.807) is 32.5 Å². The van der Waals surface area contributed by atoms with E-state index in [0.29, 0.717) is 17.7 Å². The number of rotatable bonds is 11. The number of ether oxygens (including phenoxy) is 1. The van der Waals surface area contributed by atoms with E-state index in [9.17, 15) is 19.5 Å². The monoisotopic (exact) mass is 495 g/mol. The second-order valence-corrected chi connectivity index (χ2v) is 10.6. The molecule has 0 aliphatic heterocycles. The van der Waals surface area contributed by atoms with E-state index >= 15 is 0 Å². The van der Waals surface area contributed by atoms with E-state index in [2.05, 4.69) is 10.6 Å². The number of hydrogen-bond acceptors (Lipinski definition) is 6. The number of alkyl carbamates (subject to hydrolysis) is 1. The van der Waals surface area contributed by atoms with Crippen LogP contribution in [0.1, 0.15) is 63.8 Å². The quantitative estimate of drug-likeness (QED) is 0.435. The minimum absolute atomic E-state index is 0.0614. The van der Waals surface area contributed by atoms with Crippen molar-refractivity contribution in [1.82, 2.24) is 15.5 Å². The fraction of sp³-hybridized carbons (Fsp3) is 0.640. The molecule has 0 aromatic heterocycles. The molecule has 0 bridgehead atoms. The number of carbonyl (C=O) groups excluding carboxylic acids is 3. The minimum atomic E-state index is -0.958. The molecule has 0 radical (unpaired) electrons. The highest BCUT2D eigenvalue weighted by molar-refractivity contribution is 7.98. The average molecular weight is 496 g/mol. The van der Waals surface area contributed by atoms with Gasteiger partial charge < -0.3 is 25.4 Å². The number of aliphatic hydroxyl groups is 1. The number of benzene rings is 1. The molecule has 192 valence electrons. The molecule has 34 heavy (non-hydrogen) atoms. The Balaban J connectivity index is 3.44. The molecule has 2 unspecified atom stereocenters. The number of nitrogens with zero attached hydrogens (tertiary/aromatic N) is 1. The van der Waals surface area contributed by atoms with E-state index in [1.807, 2.05) is 52.1 Å². The van der Waals surface area contributed by atoms with Crippen molar-refractivity contribution in [2.45, 2.75) is 78.6 Å². The molecule has 2 atom stereocenters. The Hall–Kier alpha value is -2.26. The maximum Gasteiger partial charge on any atom is 0.408 e. The number of nitrogens with one attached hydrogen (secondary N) is 2. The number of aryl methyl sites for hydroxylation is 2. The van der Waals surface area contributed by atoms with Gasteiger partial charge in [-0.25, -0.2) is 4.79 Å². The summed E-state index contributed by atoms with van der Waals surface area (Å²) in [7, 11) is 0. The number of amides is 3. The molecular weight excluding hydrogens is 454 g/mol. The van der Waals surface area contributed by atoms with Gasteiger partial charge in [0.05, 0.1) is 6.61 Å². The number of aliphatic hydroxyl groups excluding tert-OH is 1. The fourth-order valence-electron chi connectivity index (χ4n) is 3.56. The van der Waals surface area contributed by atoms with Crippen LogP contribution in [0.4, 0.5) is 4.79 Å². The molecule has 0 spiro atoms. The van der Waals surface area contributed by atoms with Crippen LogP contribution in [0.3, 0.4) is 0 Å². The smallest absolute Gasteiger partial charge is 0.408 e. The van der Waals surface area contributed by atoms with Crippen LogP contribution in [0, 0.1) is 13.8 Å². The first-order valence-electron chi connectivity index (χ1n) is 11.6. The zero-order valence-corrected chi connectivity index (χ0v) is 22.5. The van der Waals surface area contributed by atoms with Gasteiger partial charge in [0.15, 0.2) is 0 Å². The Bertz CT molecular complexity index is 838. The third-order valence-corrected chi connectivity index (χ3v) is 5.58. The summed E-state index contributed by atoms with van der Waals surface area (Å²) < 4.78 is 5.36. The van der Waals surface area contributed by atoms with Crippen molar-refractivity contribution in [2.24, 2.45) is 0 Å². The van der Waals surface area contributed by atoms with Crippen molar-refractivity contribution in [3.05, 3.63) is 34.9 Å². The summed E-state index contributed by atoms with van der Waals surface area (Å²) in [5.41, 5.74) is 1.85. The highest BCUT2D eigenvalue weighted by Gasteiger charge is 2.36. The van der Waals surface area contributed by atoms with Gasteiger partial charge in [-0.1, -0.05) is 23.8 Å². The minimum Gasteiger partial charge on any atom is -0.444 e. The van der Waals surface area contributed by atoms with Crippen LogP contribution in [0.2, 0.25) is 0 Å². The molecule has 8 nitrogen and oxygen atoms in total. The summed E-state index contributed by atoms with van der Waals surface area (Å²) in [6, 6.07) is 3.68. The molecule has 3 N–H and O–H groups in total. The largest absolute Gasteiger partial charge is 0.444 e. The van der Waals surface area contributed by atoms with Crippen molar-refractivity contribution in [3.63, 3.8) is 0 Å². The SMILES string of the molecule is CSCCC(NC(=O)OC(C)(C)C)C(=O)N(CCO)C(C(=O)NC(C)C)c1ccc(C)cc1C. The van der Waals surface area contributed by atoms with Crippen LogP contribution in [0.25, 0.3) is 0 Å². The van der Waals surface area contributed by atoms with Gasteiger partial charge in [-0.2, -0.15) is 11.8 Å². The van der Waals surface area contributed by atoms with Gasteiger partial charge in [-0.15, -0.1) is 0 Å². The highest BCUT2D eigenvalue weighted by Crippen LogP contribution is 2.27. The molecule has 1 aromatic carbocycles. The van der Waals surface area contributed by atoms with Gasteiger partial charge >= 0.3 is 6.09 Å². The van der Waals surface area contributed by atoms with Gasteiger partial charge in [0.25, 0.3) is 0 Å². The molecule has 1 rings (SSSR count). The number of carbonyl (C=O) groups is 3. The zero-order valence-electron chi connectivity index (χ0n) is 21.7. The van der Waals surface area contributed by atoms with Crippen LogP contribution >= 0.6 is 11.8 Å². The molecular formula is C25H41N3O5S. The van der Waals surface area contributed by atoms with E-state index in [1.165, 1.54) is 4.90 Å². The van der Waals surface area contributed by atoms with Crippen molar-refractivity contribution >= 4 is 29.7 Å². The number of hydrogen-bond donors (Lipinski definition) is 3. The van der Waals surface area contributed by atoms with E-state index in [0.717, 1.165) is 11.1 Å². The van der Waals surface area contributed by atoms with Gasteiger partial charge in [0.1, 0.15) is 17.7 Å². The Morgan fingerprint density at radius 1 is 1.15 bits per heavy atom. The molecule has 3 amide bonds. The Kier molecular flexibility index (Phi) is 11.9. The van der Waals surface area contributed by atoms with Gasteiger partial charge in [0.2, 0.25) is 11.8 Å². The summed E-state index contributed by atoms with van der Waals surface area (Å²) in [5, 5.41) is 15.4. The Morgan fingerprint density at radius 3 is 2.29 bits per heavy atom. The van der Waals surface area contributed by atoms with E-state index < -0.39 is 29.7 Å². The molecule has 0 fully saturated rings. The van der Waals surface area contributed by atoms with Crippen LogP contribution in [0.15, 0.2) is 18.2 Å². The molecule has 1 aromatic rings. The first-order valence-corrected chi connectivity index (χ1v) is 13.0. The third-order valence-electron chi connectivity index (χ3n) is 4.93. The van der Waals surface area contributed by atoms with Gasteiger partial charge in [-0.3, -0.25) is 9.59 Å². The third kappa shape index (κ3) is 9.54. The molecule has 0 aliphatic rings. The topological polar surface area (TPSA) is 108 Å². The zero-order chi connectivity index (χ0) is 26.1. The summed E-state index contributed by atoms with van der Waals surface area (Å²) in [6.45, 7) is 12.4. The molecule has 0 heterocycles. The van der Waals surface area contributed by atoms with E-state index in [4.69, 9.17) is 4.74 Å². The normalized spacial score (nSPS) is 13.2. The summed E-state index contributed by atoms with van der Waals surface area (Å²) in [4.78, 5) is 41.0. The first-order chi connectivity index (χ1) is 15.8. The van der Waals surface area contributed by atoms with Crippen molar-refractivity contribution in [1.29, 1.82) is 0 Å². The van der Waals surface area contributed by atoms with Crippen molar-refractivity contribution in [3.8, 4) is 0 Å². The van der Waals surface area contributed by atoms with Crippen LogP contribution in [-0.4, -0.2) is 70.8 Å². The lowest BCUT2D eigenvalue weighted by Gasteiger charge is -2.35. The average Bonchev–Trinajstić information content (AvgIpc) is 2.69. The first kappa shape index (κ1) is 29.8. The predicted octanol–water partition coefficient (Wildman–Crippen LogP) is 3.34. The lowest BCUT2D eigenvalue weighted by atomic mass is 9.96. The van der Waals surface area contributed by atoms with Crippen molar-refractivity contribution < 1.29 is 24.2 Å². The molecule has 0 aliphatic carbocycles. The molecule has 0 saturated carbocycles. The molecule has 9 heteroatoms. The Labute approximate surface area is 208 Å². The molecule has 0 saturated heterocycles. The second kappa shape index (κ2) is 13.6. The Morgan fingerprint density at radius 2 is 1.79 bits per heavy atom. The second-order valence-electron chi connectivity index (χ2n) is 9.66. The van der Waals surface area contributed by atoms with Gasteiger partial charge in [-0.05, 0) is 78.0 Å². The van der Waals surface area contributed by atoms with Crippen LogP contribution in [0.5, 0.6) is 0 Å². The van der Waals surface area contributed by atoms with Crippen LogP contribution in [-0.2, 0) is 14.3 Å². The predicted molar refractivity (Wildman–Crippen MR) is 137 cm³/mol. The maximum atomic E-state index is 13.8. The summed E-state index contributed by atoms with van der Waals surface area (Å²) in [6.07, 6.45) is 1.56. The maximum absolute atomic E-state index is 13.8. The van der Waals surface area contributed by atoms with Crippen LogP contribution < -0.4 is 10.6 Å². The summed E-state index contributed by atoms with van der Waals surface area (Å²) in [5.74, 6) is -0.173. The highest BCUT2D eigenvalue weighted by atomic mass is 32.2. The van der Waals surface area contributed by atoms with Gasteiger partial charge in [0, 0.05) is 12.6 Å². The summed E-state index contributed by atoms with van der Waals surface area (Å²) >= 11 is 1.54. The standard InChI is InChI=1S/C25H41N3O5S/c1-16(2)26-22(30)21(19-10-9-17(3)15-18(19)4)28(12-13-29)23(31)20(11-14-34-8)27-24(32)33-25(5,6)7/h9-10,15-16,20-21,29H,11-14H2,1-8H3,(H,26,30)(H,27,32). The van der Waals surface area contributed by atoms with E-state index in [-0.39, 0.29) is 25.1 Å². The fourth-order valence-corrected chi connectivity index (χ4v) is 4.04.